The number of hydrogen-bond donors (Lipinski definition) is 0. The smallest absolute Gasteiger partial charge is 0.298 e. The first-order valence-corrected chi connectivity index (χ1v) is 8.78. The van der Waals surface area contributed by atoms with Gasteiger partial charge in [0.2, 0.25) is 0 Å². The molecule has 0 aliphatic rings. The van der Waals surface area contributed by atoms with Crippen molar-refractivity contribution in [2.24, 2.45) is 5.41 Å². The average molecular weight is 300 g/mol. The summed E-state index contributed by atoms with van der Waals surface area (Å²) in [7, 11) is 0. The van der Waals surface area contributed by atoms with Crippen LogP contribution in [0.15, 0.2) is 0 Å². The molecule has 0 bridgehead atoms. The molecule has 0 aromatic heterocycles. The highest BCUT2D eigenvalue weighted by atomic mass is 17.2. The van der Waals surface area contributed by atoms with Crippen LogP contribution in [0.4, 0.5) is 0 Å². The lowest BCUT2D eigenvalue weighted by atomic mass is 9.89. The molecule has 3 nitrogen and oxygen atoms in total. The first-order valence-electron chi connectivity index (χ1n) is 8.78. The van der Waals surface area contributed by atoms with E-state index in [1.54, 1.807) is 0 Å². The Labute approximate surface area is 131 Å². The minimum atomic E-state index is -0.225. The molecule has 0 fully saturated rings. The van der Waals surface area contributed by atoms with Crippen LogP contribution in [0, 0.1) is 5.41 Å². The van der Waals surface area contributed by atoms with Crippen LogP contribution in [0.5, 0.6) is 0 Å². The van der Waals surface area contributed by atoms with Gasteiger partial charge < -0.3 is 0 Å². The molecule has 0 aromatic rings. The Balaban J connectivity index is 3.24. The van der Waals surface area contributed by atoms with E-state index in [1.165, 1.54) is 38.5 Å². The van der Waals surface area contributed by atoms with Crippen molar-refractivity contribution >= 4 is 5.97 Å². The van der Waals surface area contributed by atoms with Gasteiger partial charge >= 0.3 is 5.97 Å². The first kappa shape index (κ1) is 20.4. The normalized spacial score (nSPS) is 11.6. The SMILES string of the molecule is CCCCCCCCOOC(=O)CCCCCC(C)(C)C. The van der Waals surface area contributed by atoms with E-state index in [-0.39, 0.29) is 5.97 Å². The number of hydrogen-bond acceptors (Lipinski definition) is 3. The molecule has 3 heteroatoms. The van der Waals surface area contributed by atoms with E-state index < -0.39 is 0 Å². The highest BCUT2D eigenvalue weighted by Gasteiger charge is 2.09. The Hall–Kier alpha value is -0.570. The summed E-state index contributed by atoms with van der Waals surface area (Å²) in [5.74, 6) is -0.225. The monoisotopic (exact) mass is 300 g/mol. The lowest BCUT2D eigenvalue weighted by Crippen LogP contribution is -2.07. The number of unbranched alkanes of at least 4 members (excludes halogenated alkanes) is 7. The van der Waals surface area contributed by atoms with Crippen molar-refractivity contribution in [3.63, 3.8) is 0 Å². The Morgan fingerprint density at radius 1 is 0.857 bits per heavy atom. The summed E-state index contributed by atoms with van der Waals surface area (Å²) in [5.41, 5.74) is 0.390. The summed E-state index contributed by atoms with van der Waals surface area (Å²) in [6, 6.07) is 0. The van der Waals surface area contributed by atoms with Crippen LogP contribution in [-0.2, 0) is 14.6 Å². The van der Waals surface area contributed by atoms with Crippen molar-refractivity contribution in [3.05, 3.63) is 0 Å². The van der Waals surface area contributed by atoms with Gasteiger partial charge in [0.1, 0.15) is 0 Å². The van der Waals surface area contributed by atoms with Crippen molar-refractivity contribution in [2.45, 2.75) is 98.3 Å². The van der Waals surface area contributed by atoms with Crippen molar-refractivity contribution < 1.29 is 14.6 Å². The van der Waals surface area contributed by atoms with Gasteiger partial charge in [0, 0.05) is 6.42 Å². The summed E-state index contributed by atoms with van der Waals surface area (Å²) in [5, 5.41) is 0. The number of carbonyl (C=O) groups is 1. The zero-order valence-electron chi connectivity index (χ0n) is 14.7. The molecule has 21 heavy (non-hydrogen) atoms. The summed E-state index contributed by atoms with van der Waals surface area (Å²) < 4.78 is 0. The van der Waals surface area contributed by atoms with E-state index in [4.69, 9.17) is 9.78 Å². The maximum absolute atomic E-state index is 11.4. The third kappa shape index (κ3) is 17.4. The van der Waals surface area contributed by atoms with Crippen molar-refractivity contribution in [1.29, 1.82) is 0 Å². The van der Waals surface area contributed by atoms with Crippen molar-refractivity contribution in [2.75, 3.05) is 6.61 Å². The Kier molecular flexibility index (Phi) is 12.8. The van der Waals surface area contributed by atoms with Crippen LogP contribution in [0.1, 0.15) is 98.3 Å². The predicted octanol–water partition coefficient (Wildman–Crippen LogP) is 5.82. The van der Waals surface area contributed by atoms with Crippen molar-refractivity contribution in [3.8, 4) is 0 Å². The molecule has 0 rings (SSSR count). The molecule has 0 aromatic carbocycles. The number of carbonyl (C=O) groups excluding carboxylic acids is 1. The van der Waals surface area contributed by atoms with Crippen LogP contribution in [0.2, 0.25) is 0 Å². The van der Waals surface area contributed by atoms with E-state index in [1.807, 2.05) is 0 Å². The highest BCUT2D eigenvalue weighted by molar-refractivity contribution is 5.68. The summed E-state index contributed by atoms with van der Waals surface area (Å²) in [4.78, 5) is 21.2. The van der Waals surface area contributed by atoms with Gasteiger partial charge in [0.05, 0.1) is 6.61 Å². The third-order valence-electron chi connectivity index (χ3n) is 3.54. The Bertz CT molecular complexity index is 243. The fraction of sp³-hybridized carbons (Fsp3) is 0.944. The molecule has 126 valence electrons. The summed E-state index contributed by atoms with van der Waals surface area (Å²) >= 11 is 0. The van der Waals surface area contributed by atoms with Crippen LogP contribution in [0.25, 0.3) is 0 Å². The van der Waals surface area contributed by atoms with Crippen LogP contribution < -0.4 is 0 Å². The third-order valence-corrected chi connectivity index (χ3v) is 3.54. The molecule has 0 aliphatic carbocycles. The highest BCUT2D eigenvalue weighted by Crippen LogP contribution is 2.22. The van der Waals surface area contributed by atoms with Gasteiger partial charge in [-0.3, -0.25) is 4.89 Å². The van der Waals surface area contributed by atoms with Gasteiger partial charge in [0.25, 0.3) is 0 Å². The standard InChI is InChI=1S/C18H36O3/c1-5-6-7-8-9-13-16-20-21-17(19)14-11-10-12-15-18(2,3)4/h5-16H2,1-4H3. The zero-order chi connectivity index (χ0) is 16.0. The Morgan fingerprint density at radius 3 is 2.14 bits per heavy atom. The molecule has 0 heterocycles. The summed E-state index contributed by atoms with van der Waals surface area (Å²) in [6.45, 7) is 9.49. The second kappa shape index (κ2) is 13.1. The van der Waals surface area contributed by atoms with Gasteiger partial charge in [-0.1, -0.05) is 72.6 Å². The van der Waals surface area contributed by atoms with Gasteiger partial charge in [-0.05, 0) is 24.7 Å². The number of rotatable bonds is 13. The molecule has 0 radical (unpaired) electrons. The molecule has 0 saturated carbocycles. The molecule has 0 unspecified atom stereocenters. The maximum atomic E-state index is 11.4. The minimum absolute atomic E-state index is 0.225. The van der Waals surface area contributed by atoms with Crippen LogP contribution in [0.3, 0.4) is 0 Å². The second-order valence-corrected chi connectivity index (χ2v) is 7.17. The van der Waals surface area contributed by atoms with Gasteiger partial charge in [-0.25, -0.2) is 4.79 Å². The summed E-state index contributed by atoms with van der Waals surface area (Å²) in [6.07, 6.45) is 12.1. The Morgan fingerprint density at radius 2 is 1.48 bits per heavy atom. The molecular weight excluding hydrogens is 264 g/mol. The zero-order valence-corrected chi connectivity index (χ0v) is 14.7. The molecule has 0 aliphatic heterocycles. The molecular formula is C18H36O3. The predicted molar refractivity (Wildman–Crippen MR) is 88.0 cm³/mol. The average Bonchev–Trinajstić information content (AvgIpc) is 2.40. The fourth-order valence-electron chi connectivity index (χ4n) is 2.19. The molecule has 0 atom stereocenters. The molecule has 0 spiro atoms. The maximum Gasteiger partial charge on any atom is 0.342 e. The lowest BCUT2D eigenvalue weighted by molar-refractivity contribution is -0.272. The quantitative estimate of drug-likeness (QED) is 0.244. The van der Waals surface area contributed by atoms with Gasteiger partial charge in [0.15, 0.2) is 0 Å². The molecule has 0 N–H and O–H groups in total. The van der Waals surface area contributed by atoms with Crippen LogP contribution in [-0.4, -0.2) is 12.6 Å². The first-order chi connectivity index (χ1) is 9.95. The molecule has 0 amide bonds. The van der Waals surface area contributed by atoms with E-state index in [0.29, 0.717) is 18.4 Å². The second-order valence-electron chi connectivity index (χ2n) is 7.17. The lowest BCUT2D eigenvalue weighted by Gasteiger charge is -2.17. The van der Waals surface area contributed by atoms with Gasteiger partial charge in [-0.2, -0.15) is 4.89 Å². The van der Waals surface area contributed by atoms with Crippen molar-refractivity contribution in [1.82, 2.24) is 0 Å². The fourth-order valence-corrected chi connectivity index (χ4v) is 2.19. The molecule has 0 saturated heterocycles. The van der Waals surface area contributed by atoms with Crippen LogP contribution >= 0.6 is 0 Å². The van der Waals surface area contributed by atoms with Gasteiger partial charge in [-0.15, -0.1) is 0 Å². The largest absolute Gasteiger partial charge is 0.342 e. The van der Waals surface area contributed by atoms with E-state index in [9.17, 15) is 4.79 Å². The minimum Gasteiger partial charge on any atom is -0.298 e. The van der Waals surface area contributed by atoms with E-state index >= 15 is 0 Å². The topological polar surface area (TPSA) is 35.5 Å². The van der Waals surface area contributed by atoms with E-state index in [2.05, 4.69) is 27.7 Å². The van der Waals surface area contributed by atoms with E-state index in [0.717, 1.165) is 25.7 Å².